The standard InChI is InChI=1S/C14H13NO3S/c1-19(16,17)18-9-5-4-7-13-11-15-10-12-6-2-3-8-14(12)13/h2-3,6,8,10-11H,5,9H2,1H3. The van der Waals surface area contributed by atoms with Crippen molar-refractivity contribution in [1.82, 2.24) is 4.98 Å². The van der Waals surface area contributed by atoms with Gasteiger partial charge in [-0.1, -0.05) is 36.1 Å². The lowest BCUT2D eigenvalue weighted by Gasteiger charge is -1.98. The van der Waals surface area contributed by atoms with Gasteiger partial charge in [0.05, 0.1) is 18.4 Å². The molecule has 0 aliphatic rings. The van der Waals surface area contributed by atoms with Crippen LogP contribution in [0.2, 0.25) is 0 Å². The maximum absolute atomic E-state index is 10.8. The summed E-state index contributed by atoms with van der Waals surface area (Å²) < 4.78 is 26.1. The number of fused-ring (bicyclic) bond motifs is 1. The van der Waals surface area contributed by atoms with E-state index in [0.717, 1.165) is 22.6 Å². The fourth-order valence-corrected chi connectivity index (χ4v) is 2.00. The predicted molar refractivity (Wildman–Crippen MR) is 74.0 cm³/mol. The van der Waals surface area contributed by atoms with Crippen LogP contribution in [-0.2, 0) is 14.3 Å². The Morgan fingerprint density at radius 3 is 2.84 bits per heavy atom. The SMILES string of the molecule is CS(=O)(=O)OCCC#Cc1cncc2ccccc12. The molecule has 4 nitrogen and oxygen atoms in total. The normalized spacial score (nSPS) is 11.0. The maximum Gasteiger partial charge on any atom is 0.264 e. The van der Waals surface area contributed by atoms with Gasteiger partial charge in [-0.25, -0.2) is 0 Å². The molecule has 0 radical (unpaired) electrons. The minimum absolute atomic E-state index is 0.0734. The molecule has 0 aliphatic carbocycles. The summed E-state index contributed by atoms with van der Waals surface area (Å²) in [7, 11) is -3.38. The van der Waals surface area contributed by atoms with E-state index < -0.39 is 10.1 Å². The molecule has 1 aromatic carbocycles. The molecule has 0 saturated carbocycles. The van der Waals surface area contributed by atoms with Gasteiger partial charge in [0.15, 0.2) is 0 Å². The van der Waals surface area contributed by atoms with Crippen LogP contribution in [0.1, 0.15) is 12.0 Å². The highest BCUT2D eigenvalue weighted by atomic mass is 32.2. The summed E-state index contributed by atoms with van der Waals surface area (Å²) in [6, 6.07) is 7.84. The molecular formula is C14H13NO3S. The smallest absolute Gasteiger partial charge is 0.264 e. The average molecular weight is 275 g/mol. The van der Waals surface area contributed by atoms with Gasteiger partial charge < -0.3 is 0 Å². The monoisotopic (exact) mass is 275 g/mol. The highest BCUT2D eigenvalue weighted by Gasteiger charge is 1.99. The van der Waals surface area contributed by atoms with E-state index in [1.807, 2.05) is 24.3 Å². The number of hydrogen-bond donors (Lipinski definition) is 0. The summed E-state index contributed by atoms with van der Waals surface area (Å²) in [6.45, 7) is 0.0734. The van der Waals surface area contributed by atoms with Crippen LogP contribution in [-0.4, -0.2) is 26.3 Å². The van der Waals surface area contributed by atoms with Crippen molar-refractivity contribution in [3.8, 4) is 11.8 Å². The van der Waals surface area contributed by atoms with Crippen LogP contribution in [0, 0.1) is 11.8 Å². The van der Waals surface area contributed by atoms with E-state index in [0.29, 0.717) is 6.42 Å². The number of rotatable bonds is 3. The molecule has 1 aromatic heterocycles. The van der Waals surface area contributed by atoms with Gasteiger partial charge in [-0.2, -0.15) is 8.42 Å². The third-order valence-electron chi connectivity index (χ3n) is 2.42. The van der Waals surface area contributed by atoms with E-state index in [4.69, 9.17) is 0 Å². The van der Waals surface area contributed by atoms with Crippen molar-refractivity contribution in [3.63, 3.8) is 0 Å². The molecule has 0 N–H and O–H groups in total. The number of nitrogens with zero attached hydrogens (tertiary/aromatic N) is 1. The molecule has 5 heteroatoms. The Morgan fingerprint density at radius 2 is 2.05 bits per heavy atom. The van der Waals surface area contributed by atoms with E-state index in [1.54, 1.807) is 12.4 Å². The summed E-state index contributed by atoms with van der Waals surface area (Å²) >= 11 is 0. The zero-order chi connectivity index (χ0) is 13.7. The highest BCUT2D eigenvalue weighted by molar-refractivity contribution is 7.85. The lowest BCUT2D eigenvalue weighted by Crippen LogP contribution is -2.03. The molecule has 0 aliphatic heterocycles. The summed E-state index contributed by atoms with van der Waals surface area (Å²) in [4.78, 5) is 4.12. The minimum atomic E-state index is -3.38. The molecule has 0 unspecified atom stereocenters. The van der Waals surface area contributed by atoms with Crippen molar-refractivity contribution in [2.75, 3.05) is 12.9 Å². The fourth-order valence-electron chi connectivity index (χ4n) is 1.62. The van der Waals surface area contributed by atoms with E-state index in [1.165, 1.54) is 0 Å². The Kier molecular flexibility index (Phi) is 4.15. The van der Waals surface area contributed by atoms with Crippen LogP contribution in [0.4, 0.5) is 0 Å². The second kappa shape index (κ2) is 5.83. The molecule has 0 atom stereocenters. The molecule has 0 saturated heterocycles. The molecular weight excluding hydrogens is 262 g/mol. The Morgan fingerprint density at radius 1 is 1.26 bits per heavy atom. The van der Waals surface area contributed by atoms with Gasteiger partial charge in [-0.05, 0) is 0 Å². The van der Waals surface area contributed by atoms with Crippen molar-refractivity contribution in [2.24, 2.45) is 0 Å². The quantitative estimate of drug-likeness (QED) is 0.488. The van der Waals surface area contributed by atoms with Crippen molar-refractivity contribution in [2.45, 2.75) is 6.42 Å². The predicted octanol–water partition coefficient (Wildman–Crippen LogP) is 1.95. The molecule has 2 aromatic rings. The van der Waals surface area contributed by atoms with Gasteiger partial charge >= 0.3 is 0 Å². The zero-order valence-corrected chi connectivity index (χ0v) is 11.3. The van der Waals surface area contributed by atoms with E-state index in [2.05, 4.69) is 21.0 Å². The third-order valence-corrected chi connectivity index (χ3v) is 3.01. The van der Waals surface area contributed by atoms with E-state index in [-0.39, 0.29) is 6.61 Å². The largest absolute Gasteiger partial charge is 0.269 e. The van der Waals surface area contributed by atoms with Gasteiger partial charge in [-0.3, -0.25) is 9.17 Å². The van der Waals surface area contributed by atoms with Gasteiger partial charge in [0, 0.05) is 29.6 Å². The van der Waals surface area contributed by atoms with Crippen molar-refractivity contribution in [1.29, 1.82) is 0 Å². The molecule has 2 rings (SSSR count). The van der Waals surface area contributed by atoms with Gasteiger partial charge in [0.1, 0.15) is 0 Å². The molecule has 0 fully saturated rings. The number of aromatic nitrogens is 1. The summed E-state index contributed by atoms with van der Waals surface area (Å²) in [6.07, 6.45) is 4.87. The van der Waals surface area contributed by atoms with Crippen LogP contribution >= 0.6 is 0 Å². The maximum atomic E-state index is 10.8. The van der Waals surface area contributed by atoms with Crippen LogP contribution < -0.4 is 0 Å². The minimum Gasteiger partial charge on any atom is -0.269 e. The molecule has 0 amide bonds. The number of pyridine rings is 1. The number of hydrogen-bond acceptors (Lipinski definition) is 4. The first-order valence-electron chi connectivity index (χ1n) is 5.72. The lowest BCUT2D eigenvalue weighted by atomic mass is 10.1. The van der Waals surface area contributed by atoms with Gasteiger partial charge in [0.25, 0.3) is 10.1 Å². The Bertz CT molecular complexity index is 737. The van der Waals surface area contributed by atoms with Crippen LogP contribution in [0.5, 0.6) is 0 Å². The lowest BCUT2D eigenvalue weighted by molar-refractivity contribution is 0.330. The third kappa shape index (κ3) is 4.05. The van der Waals surface area contributed by atoms with Gasteiger partial charge in [0.2, 0.25) is 0 Å². The molecule has 0 spiro atoms. The summed E-state index contributed by atoms with van der Waals surface area (Å²) in [5, 5.41) is 2.07. The highest BCUT2D eigenvalue weighted by Crippen LogP contribution is 2.15. The fraction of sp³-hybridized carbons (Fsp3) is 0.214. The molecule has 1 heterocycles. The zero-order valence-electron chi connectivity index (χ0n) is 10.5. The second-order valence-electron chi connectivity index (χ2n) is 3.99. The topological polar surface area (TPSA) is 56.3 Å². The van der Waals surface area contributed by atoms with E-state index in [9.17, 15) is 8.42 Å². The Balaban J connectivity index is 2.10. The first-order valence-corrected chi connectivity index (χ1v) is 7.54. The molecule has 0 bridgehead atoms. The summed E-state index contributed by atoms with van der Waals surface area (Å²) in [5.74, 6) is 5.87. The Hall–Kier alpha value is -1.90. The molecule has 19 heavy (non-hydrogen) atoms. The van der Waals surface area contributed by atoms with Crippen molar-refractivity contribution in [3.05, 3.63) is 42.2 Å². The average Bonchev–Trinajstić information content (AvgIpc) is 2.37. The van der Waals surface area contributed by atoms with Crippen molar-refractivity contribution < 1.29 is 12.6 Å². The molecule has 98 valence electrons. The van der Waals surface area contributed by atoms with E-state index >= 15 is 0 Å². The Labute approximate surface area is 112 Å². The first kappa shape index (κ1) is 13.5. The van der Waals surface area contributed by atoms with Crippen molar-refractivity contribution >= 4 is 20.9 Å². The van der Waals surface area contributed by atoms with Crippen LogP contribution in [0.3, 0.4) is 0 Å². The second-order valence-corrected chi connectivity index (χ2v) is 5.63. The first-order chi connectivity index (χ1) is 9.06. The summed E-state index contributed by atoms with van der Waals surface area (Å²) in [5.41, 5.74) is 0.831. The van der Waals surface area contributed by atoms with Crippen LogP contribution in [0.15, 0.2) is 36.7 Å². The van der Waals surface area contributed by atoms with Crippen LogP contribution in [0.25, 0.3) is 10.8 Å². The van der Waals surface area contributed by atoms with Gasteiger partial charge in [-0.15, -0.1) is 0 Å². The number of benzene rings is 1.